The van der Waals surface area contributed by atoms with Crippen molar-refractivity contribution in [3.8, 4) is 11.5 Å². The van der Waals surface area contributed by atoms with E-state index in [0.29, 0.717) is 11.5 Å². The summed E-state index contributed by atoms with van der Waals surface area (Å²) in [6.07, 6.45) is 3.90. The molecule has 2 rings (SSSR count). The highest BCUT2D eigenvalue weighted by atomic mass is 16.5. The van der Waals surface area contributed by atoms with Crippen LogP contribution in [0.15, 0.2) is 12.1 Å². The van der Waals surface area contributed by atoms with Crippen LogP contribution in [0.3, 0.4) is 0 Å². The molecular formula is C16H25NO3. The van der Waals surface area contributed by atoms with Gasteiger partial charge in [-0.3, -0.25) is 0 Å². The third-order valence-corrected chi connectivity index (χ3v) is 4.27. The van der Waals surface area contributed by atoms with Crippen molar-refractivity contribution in [1.82, 2.24) is 0 Å². The summed E-state index contributed by atoms with van der Waals surface area (Å²) in [7, 11) is 3.23. The number of methoxy groups -OCH3 is 2. The Bertz CT molecular complexity index is 430. The smallest absolute Gasteiger partial charge is 0.127 e. The van der Waals surface area contributed by atoms with Crippen molar-refractivity contribution in [2.24, 2.45) is 11.7 Å². The first-order chi connectivity index (χ1) is 9.58. The molecule has 4 heteroatoms. The summed E-state index contributed by atoms with van der Waals surface area (Å²) in [6, 6.07) is 3.38. The summed E-state index contributed by atoms with van der Waals surface area (Å²) in [5.74, 6) is 1.65. The maximum atomic E-state index is 10.5. The lowest BCUT2D eigenvalue weighted by molar-refractivity contribution is 0.0826. The van der Waals surface area contributed by atoms with Crippen LogP contribution in [0.1, 0.15) is 42.9 Å². The van der Waals surface area contributed by atoms with Gasteiger partial charge in [-0.15, -0.1) is 0 Å². The van der Waals surface area contributed by atoms with E-state index in [9.17, 15) is 5.11 Å². The Morgan fingerprint density at radius 2 is 1.65 bits per heavy atom. The number of nitrogens with two attached hydrogens (primary N) is 1. The monoisotopic (exact) mass is 279 g/mol. The molecule has 1 aromatic carbocycles. The first-order valence-corrected chi connectivity index (χ1v) is 7.24. The van der Waals surface area contributed by atoms with Gasteiger partial charge in [0.25, 0.3) is 0 Å². The topological polar surface area (TPSA) is 64.7 Å². The summed E-state index contributed by atoms with van der Waals surface area (Å²) in [5.41, 5.74) is 8.12. The molecule has 0 amide bonds. The van der Waals surface area contributed by atoms with Crippen LogP contribution >= 0.6 is 0 Å². The van der Waals surface area contributed by atoms with E-state index in [-0.39, 0.29) is 5.92 Å². The van der Waals surface area contributed by atoms with Gasteiger partial charge in [0, 0.05) is 0 Å². The van der Waals surface area contributed by atoms with Crippen LogP contribution in [0.25, 0.3) is 0 Å². The average molecular weight is 279 g/mol. The van der Waals surface area contributed by atoms with E-state index in [4.69, 9.17) is 15.2 Å². The van der Waals surface area contributed by atoms with Gasteiger partial charge in [0.2, 0.25) is 0 Å². The van der Waals surface area contributed by atoms with E-state index in [1.54, 1.807) is 14.2 Å². The summed E-state index contributed by atoms with van der Waals surface area (Å²) in [6.45, 7) is 1.98. The lowest BCUT2D eigenvalue weighted by Crippen LogP contribution is -2.32. The van der Waals surface area contributed by atoms with Gasteiger partial charge in [0.1, 0.15) is 11.5 Å². The van der Waals surface area contributed by atoms with Crippen LogP contribution in [0.4, 0.5) is 0 Å². The molecule has 1 fully saturated rings. The summed E-state index contributed by atoms with van der Waals surface area (Å²) < 4.78 is 10.9. The largest absolute Gasteiger partial charge is 0.496 e. The minimum absolute atomic E-state index is 0.278. The zero-order chi connectivity index (χ0) is 14.7. The lowest BCUT2D eigenvalue weighted by atomic mass is 9.89. The zero-order valence-electron chi connectivity index (χ0n) is 12.6. The van der Waals surface area contributed by atoms with Crippen LogP contribution in [-0.2, 0) is 0 Å². The zero-order valence-corrected chi connectivity index (χ0v) is 12.6. The molecule has 0 aromatic heterocycles. The van der Waals surface area contributed by atoms with E-state index >= 15 is 0 Å². The molecule has 20 heavy (non-hydrogen) atoms. The second kappa shape index (κ2) is 6.46. The number of hydrogen-bond donors (Lipinski definition) is 2. The molecule has 0 unspecified atom stereocenters. The van der Waals surface area contributed by atoms with Gasteiger partial charge in [0.05, 0.1) is 31.9 Å². The van der Waals surface area contributed by atoms with E-state index in [0.717, 1.165) is 24.0 Å². The Morgan fingerprint density at radius 1 is 1.15 bits per heavy atom. The Morgan fingerprint density at radius 3 is 2.10 bits per heavy atom. The highest BCUT2D eigenvalue weighted by molar-refractivity contribution is 5.50. The van der Waals surface area contributed by atoms with Crippen molar-refractivity contribution in [2.75, 3.05) is 14.2 Å². The maximum absolute atomic E-state index is 10.5. The number of aliphatic hydroxyl groups excluding tert-OH is 1. The van der Waals surface area contributed by atoms with Crippen molar-refractivity contribution in [3.63, 3.8) is 0 Å². The fourth-order valence-electron chi connectivity index (χ4n) is 3.16. The fourth-order valence-corrected chi connectivity index (χ4v) is 3.16. The van der Waals surface area contributed by atoms with Gasteiger partial charge in [-0.25, -0.2) is 0 Å². The van der Waals surface area contributed by atoms with Gasteiger partial charge in [-0.1, -0.05) is 12.8 Å². The van der Waals surface area contributed by atoms with Gasteiger partial charge in [-0.2, -0.15) is 0 Å². The standard InChI is InChI=1S/C16H25NO3/c1-10-8-12(19-2)14(13(9-10)20-3)15(17)16(18)11-6-4-5-7-11/h8-9,11,15-16,18H,4-7,17H2,1-3H3/t15-,16+/m1/s1. The molecule has 112 valence electrons. The Kier molecular flexibility index (Phi) is 4.89. The molecule has 0 aliphatic heterocycles. The van der Waals surface area contributed by atoms with Gasteiger partial charge < -0.3 is 20.3 Å². The first-order valence-electron chi connectivity index (χ1n) is 7.24. The molecule has 4 nitrogen and oxygen atoms in total. The predicted molar refractivity (Wildman–Crippen MR) is 79.2 cm³/mol. The minimum Gasteiger partial charge on any atom is -0.496 e. The van der Waals surface area contributed by atoms with Gasteiger partial charge in [-0.05, 0) is 43.4 Å². The average Bonchev–Trinajstić information content (AvgIpc) is 2.98. The van der Waals surface area contributed by atoms with Crippen LogP contribution < -0.4 is 15.2 Å². The molecule has 0 radical (unpaired) electrons. The quantitative estimate of drug-likeness (QED) is 0.869. The molecule has 1 aromatic rings. The Hall–Kier alpha value is -1.26. The molecule has 0 saturated heterocycles. The summed E-state index contributed by atoms with van der Waals surface area (Å²) >= 11 is 0. The second-order valence-corrected chi connectivity index (χ2v) is 5.64. The van der Waals surface area contributed by atoms with Crippen LogP contribution in [-0.4, -0.2) is 25.4 Å². The molecular weight excluding hydrogens is 254 g/mol. The van der Waals surface area contributed by atoms with Crippen LogP contribution in [0.2, 0.25) is 0 Å². The molecule has 3 N–H and O–H groups in total. The van der Waals surface area contributed by atoms with Gasteiger partial charge >= 0.3 is 0 Å². The predicted octanol–water partition coefficient (Wildman–Crippen LogP) is 2.56. The molecule has 0 spiro atoms. The lowest BCUT2D eigenvalue weighted by Gasteiger charge is -2.27. The minimum atomic E-state index is -0.553. The van der Waals surface area contributed by atoms with Crippen LogP contribution in [0, 0.1) is 12.8 Å². The second-order valence-electron chi connectivity index (χ2n) is 5.64. The Labute approximate surface area is 120 Å². The van der Waals surface area contributed by atoms with Crippen molar-refractivity contribution in [2.45, 2.75) is 44.8 Å². The number of rotatable bonds is 5. The van der Waals surface area contributed by atoms with E-state index < -0.39 is 12.1 Å². The molecule has 1 saturated carbocycles. The van der Waals surface area contributed by atoms with Crippen molar-refractivity contribution >= 4 is 0 Å². The number of aliphatic hydroxyl groups is 1. The summed E-state index contributed by atoms with van der Waals surface area (Å²) in [4.78, 5) is 0. The third-order valence-electron chi connectivity index (χ3n) is 4.27. The number of ether oxygens (including phenoxy) is 2. The van der Waals surface area contributed by atoms with Gasteiger partial charge in [0.15, 0.2) is 0 Å². The summed E-state index contributed by atoms with van der Waals surface area (Å²) in [5, 5.41) is 10.5. The molecule has 0 heterocycles. The van der Waals surface area contributed by atoms with E-state index in [2.05, 4.69) is 0 Å². The third kappa shape index (κ3) is 2.91. The van der Waals surface area contributed by atoms with Crippen LogP contribution in [0.5, 0.6) is 11.5 Å². The highest BCUT2D eigenvalue weighted by Crippen LogP contribution is 2.39. The van der Waals surface area contributed by atoms with E-state index in [1.165, 1.54) is 12.8 Å². The van der Waals surface area contributed by atoms with Crippen molar-refractivity contribution < 1.29 is 14.6 Å². The number of aryl methyl sites for hydroxylation is 1. The maximum Gasteiger partial charge on any atom is 0.127 e. The van der Waals surface area contributed by atoms with E-state index in [1.807, 2.05) is 19.1 Å². The SMILES string of the molecule is COc1cc(C)cc(OC)c1[C@@H](N)[C@@H](O)C1CCCC1. The Balaban J connectivity index is 2.34. The molecule has 1 aliphatic carbocycles. The normalized spacial score (nSPS) is 18.9. The number of hydrogen-bond acceptors (Lipinski definition) is 4. The first kappa shape index (κ1) is 15.1. The molecule has 0 bridgehead atoms. The number of benzene rings is 1. The van der Waals surface area contributed by atoms with Crippen molar-refractivity contribution in [3.05, 3.63) is 23.3 Å². The molecule has 1 aliphatic rings. The highest BCUT2D eigenvalue weighted by Gasteiger charge is 2.32. The molecule has 2 atom stereocenters. The fraction of sp³-hybridized carbons (Fsp3) is 0.625. The van der Waals surface area contributed by atoms with Crippen molar-refractivity contribution in [1.29, 1.82) is 0 Å².